The third-order valence-electron chi connectivity index (χ3n) is 4.55. The van der Waals surface area contributed by atoms with Crippen molar-refractivity contribution in [2.75, 3.05) is 26.7 Å². The fourth-order valence-corrected chi connectivity index (χ4v) is 4.30. The molecule has 1 aromatic carbocycles. The number of carboxylic acid groups (broad SMARTS) is 2. The Morgan fingerprint density at radius 1 is 1.25 bits per heavy atom. The molecule has 1 aromatic heterocycles. The van der Waals surface area contributed by atoms with E-state index in [4.69, 9.17) is 24.5 Å². The van der Waals surface area contributed by atoms with Crippen LogP contribution in [0.4, 0.5) is 0 Å². The fraction of sp³-hybridized carbons (Fsp3) is 0.421. The third-order valence-corrected chi connectivity index (χ3v) is 5.70. The molecular weight excluding hydrogens is 384 g/mol. The number of likely N-dealkylation sites (N-methyl/N-ethyl adjacent to an activating group) is 1. The summed E-state index contributed by atoms with van der Waals surface area (Å²) in [4.78, 5) is 33.8. The van der Waals surface area contributed by atoms with Gasteiger partial charge in [0.25, 0.3) is 5.91 Å². The van der Waals surface area contributed by atoms with Crippen LogP contribution in [0, 0.1) is 0 Å². The summed E-state index contributed by atoms with van der Waals surface area (Å²) in [5.41, 5.74) is 0. The van der Waals surface area contributed by atoms with E-state index in [2.05, 4.69) is 17.1 Å². The Kier molecular flexibility index (Phi) is 7.77. The first-order chi connectivity index (χ1) is 13.4. The number of hydrogen-bond acceptors (Lipinski definition) is 6. The second-order valence-corrected chi connectivity index (χ2v) is 7.26. The SMILES string of the molecule is CCN1CCCC1CNC(=O)c1sc2ccccc2c1OC.O=C(O)C(=O)O. The van der Waals surface area contributed by atoms with E-state index in [1.807, 2.05) is 24.3 Å². The lowest BCUT2D eigenvalue weighted by molar-refractivity contribution is -0.159. The summed E-state index contributed by atoms with van der Waals surface area (Å²) in [6.45, 7) is 5.08. The Bertz CT molecular complexity index is 838. The standard InChI is InChI=1S/C17H22N2O2S.C2H2O4/c1-3-19-10-6-7-12(19)11-18-17(20)16-15(21-2)13-8-4-5-9-14(13)22-16;3-1(4)2(5)6/h4-5,8-9,12H,3,6-7,10-11H2,1-2H3,(H,18,20);(H,3,4)(H,5,6). The van der Waals surface area contributed by atoms with E-state index in [-0.39, 0.29) is 5.91 Å². The number of fused-ring (bicyclic) bond motifs is 1. The second-order valence-electron chi connectivity index (χ2n) is 6.21. The number of methoxy groups -OCH3 is 1. The Hall–Kier alpha value is -2.65. The first kappa shape index (κ1) is 21.6. The molecule has 0 spiro atoms. The molecule has 0 saturated carbocycles. The molecule has 1 aliphatic rings. The van der Waals surface area contributed by atoms with E-state index in [1.165, 1.54) is 17.8 Å². The Balaban J connectivity index is 0.000000409. The van der Waals surface area contributed by atoms with Gasteiger partial charge < -0.3 is 20.3 Å². The predicted octanol–water partition coefficient (Wildman–Crippen LogP) is 2.28. The van der Waals surface area contributed by atoms with Crippen LogP contribution >= 0.6 is 11.3 Å². The predicted molar refractivity (Wildman–Crippen MR) is 106 cm³/mol. The molecule has 3 rings (SSSR count). The van der Waals surface area contributed by atoms with Gasteiger partial charge in [-0.05, 0) is 38.1 Å². The van der Waals surface area contributed by atoms with Crippen molar-refractivity contribution in [2.24, 2.45) is 0 Å². The van der Waals surface area contributed by atoms with Crippen molar-refractivity contribution >= 4 is 39.3 Å². The van der Waals surface area contributed by atoms with E-state index in [1.54, 1.807) is 7.11 Å². The van der Waals surface area contributed by atoms with Crippen LogP contribution in [0.3, 0.4) is 0 Å². The number of carboxylic acids is 2. The molecular formula is C19H24N2O6S. The van der Waals surface area contributed by atoms with Gasteiger partial charge in [-0.2, -0.15) is 0 Å². The summed E-state index contributed by atoms with van der Waals surface area (Å²) in [6.07, 6.45) is 2.39. The van der Waals surface area contributed by atoms with Crippen molar-refractivity contribution in [1.82, 2.24) is 10.2 Å². The van der Waals surface area contributed by atoms with Crippen LogP contribution in [-0.4, -0.2) is 65.7 Å². The Morgan fingerprint density at radius 3 is 2.54 bits per heavy atom. The minimum absolute atomic E-state index is 0.0268. The summed E-state index contributed by atoms with van der Waals surface area (Å²) in [7, 11) is 1.63. The minimum atomic E-state index is -1.82. The van der Waals surface area contributed by atoms with Gasteiger partial charge in [-0.1, -0.05) is 19.1 Å². The van der Waals surface area contributed by atoms with Crippen molar-refractivity contribution in [2.45, 2.75) is 25.8 Å². The number of aliphatic carboxylic acids is 2. The molecule has 2 heterocycles. The molecule has 1 saturated heterocycles. The number of nitrogens with zero attached hydrogens (tertiary/aromatic N) is 1. The highest BCUT2D eigenvalue weighted by Crippen LogP contribution is 2.37. The van der Waals surface area contributed by atoms with E-state index in [9.17, 15) is 4.79 Å². The topological polar surface area (TPSA) is 116 Å². The molecule has 8 nitrogen and oxygen atoms in total. The molecule has 0 radical (unpaired) electrons. The number of benzene rings is 1. The van der Waals surface area contributed by atoms with Crippen LogP contribution in [0.15, 0.2) is 24.3 Å². The van der Waals surface area contributed by atoms with Crippen LogP contribution in [0.1, 0.15) is 29.4 Å². The highest BCUT2D eigenvalue weighted by atomic mass is 32.1. The summed E-state index contributed by atoms with van der Waals surface area (Å²) >= 11 is 1.49. The monoisotopic (exact) mass is 408 g/mol. The van der Waals surface area contributed by atoms with Crippen LogP contribution in [-0.2, 0) is 9.59 Å². The van der Waals surface area contributed by atoms with E-state index in [0.29, 0.717) is 23.2 Å². The quantitative estimate of drug-likeness (QED) is 0.650. The summed E-state index contributed by atoms with van der Waals surface area (Å²) in [5.74, 6) is -2.98. The Morgan fingerprint density at radius 2 is 1.93 bits per heavy atom. The van der Waals surface area contributed by atoms with Crippen molar-refractivity contribution in [1.29, 1.82) is 0 Å². The van der Waals surface area contributed by atoms with Gasteiger partial charge >= 0.3 is 11.9 Å². The van der Waals surface area contributed by atoms with Gasteiger partial charge in [-0.3, -0.25) is 9.69 Å². The molecule has 1 fully saturated rings. The number of nitrogens with one attached hydrogen (secondary N) is 1. The zero-order valence-corrected chi connectivity index (χ0v) is 16.6. The van der Waals surface area contributed by atoms with Crippen LogP contribution in [0.5, 0.6) is 5.75 Å². The van der Waals surface area contributed by atoms with Crippen molar-refractivity contribution in [3.63, 3.8) is 0 Å². The van der Waals surface area contributed by atoms with Gasteiger partial charge in [0.15, 0.2) is 0 Å². The van der Waals surface area contributed by atoms with Crippen molar-refractivity contribution in [3.05, 3.63) is 29.1 Å². The van der Waals surface area contributed by atoms with Crippen LogP contribution in [0.2, 0.25) is 0 Å². The highest BCUT2D eigenvalue weighted by Gasteiger charge is 2.25. The van der Waals surface area contributed by atoms with Gasteiger partial charge in [0.2, 0.25) is 0 Å². The second kappa shape index (κ2) is 10.0. The fourth-order valence-electron chi connectivity index (χ4n) is 3.21. The van der Waals surface area contributed by atoms with Gasteiger partial charge in [0, 0.05) is 22.7 Å². The summed E-state index contributed by atoms with van der Waals surface area (Å²) in [6, 6.07) is 8.44. The number of ether oxygens (including phenoxy) is 1. The maximum atomic E-state index is 12.5. The van der Waals surface area contributed by atoms with Crippen LogP contribution in [0.25, 0.3) is 10.1 Å². The molecule has 0 bridgehead atoms. The highest BCUT2D eigenvalue weighted by molar-refractivity contribution is 7.21. The van der Waals surface area contributed by atoms with Crippen molar-refractivity contribution < 1.29 is 29.3 Å². The molecule has 1 aliphatic heterocycles. The van der Waals surface area contributed by atoms with E-state index < -0.39 is 11.9 Å². The Labute approximate surface area is 166 Å². The molecule has 152 valence electrons. The first-order valence-corrected chi connectivity index (χ1v) is 9.74. The molecule has 1 atom stereocenters. The maximum Gasteiger partial charge on any atom is 0.414 e. The molecule has 0 aliphatic carbocycles. The average Bonchev–Trinajstić information content (AvgIpc) is 3.30. The summed E-state index contributed by atoms with van der Waals surface area (Å²) < 4.78 is 6.56. The first-order valence-electron chi connectivity index (χ1n) is 8.93. The number of likely N-dealkylation sites (tertiary alicyclic amines) is 1. The molecule has 28 heavy (non-hydrogen) atoms. The van der Waals surface area contributed by atoms with E-state index >= 15 is 0 Å². The van der Waals surface area contributed by atoms with Gasteiger partial charge in [0.1, 0.15) is 10.6 Å². The molecule has 1 amide bonds. The van der Waals surface area contributed by atoms with E-state index in [0.717, 1.165) is 29.6 Å². The van der Waals surface area contributed by atoms with Gasteiger partial charge in [0.05, 0.1) is 7.11 Å². The number of amides is 1. The van der Waals surface area contributed by atoms with Gasteiger partial charge in [-0.15, -0.1) is 11.3 Å². The van der Waals surface area contributed by atoms with Crippen LogP contribution < -0.4 is 10.1 Å². The molecule has 3 N–H and O–H groups in total. The number of rotatable bonds is 5. The number of carbonyl (C=O) groups excluding carboxylic acids is 1. The summed E-state index contributed by atoms with van der Waals surface area (Å²) in [5, 5.41) is 18.9. The third kappa shape index (κ3) is 5.20. The zero-order chi connectivity index (χ0) is 20.7. The zero-order valence-electron chi connectivity index (χ0n) is 15.8. The lowest BCUT2D eigenvalue weighted by Crippen LogP contribution is -2.39. The number of hydrogen-bond donors (Lipinski definition) is 3. The smallest absolute Gasteiger partial charge is 0.414 e. The minimum Gasteiger partial charge on any atom is -0.494 e. The number of thiophene rings is 1. The lowest BCUT2D eigenvalue weighted by atomic mass is 10.2. The normalized spacial score (nSPS) is 16.3. The lowest BCUT2D eigenvalue weighted by Gasteiger charge is -2.22. The number of carbonyl (C=O) groups is 3. The van der Waals surface area contributed by atoms with Gasteiger partial charge in [-0.25, -0.2) is 9.59 Å². The molecule has 9 heteroatoms. The average molecular weight is 408 g/mol. The molecule has 2 aromatic rings. The maximum absolute atomic E-state index is 12.5. The largest absolute Gasteiger partial charge is 0.494 e. The molecule has 1 unspecified atom stereocenters. The van der Waals surface area contributed by atoms with Crippen molar-refractivity contribution in [3.8, 4) is 5.75 Å².